The van der Waals surface area contributed by atoms with E-state index in [0.29, 0.717) is 16.9 Å². The first-order valence-electron chi connectivity index (χ1n) is 5.14. The van der Waals surface area contributed by atoms with Crippen LogP contribution in [0.5, 0.6) is 5.75 Å². The molecule has 0 amide bonds. The van der Waals surface area contributed by atoms with Crippen molar-refractivity contribution in [3.8, 4) is 5.75 Å². The number of para-hydroxylation sites is 1. The Hall–Kier alpha value is -1.94. The van der Waals surface area contributed by atoms with E-state index in [-0.39, 0.29) is 0 Å². The SMILES string of the molecule is COc1ccccc1C(O)c1cncc(F)c1. The van der Waals surface area contributed by atoms with Crippen LogP contribution in [0.2, 0.25) is 0 Å². The number of aliphatic hydroxyl groups is 1. The van der Waals surface area contributed by atoms with E-state index in [2.05, 4.69) is 4.98 Å². The summed E-state index contributed by atoms with van der Waals surface area (Å²) in [6, 6.07) is 8.32. The number of pyridine rings is 1. The number of benzene rings is 1. The van der Waals surface area contributed by atoms with E-state index in [9.17, 15) is 9.50 Å². The number of ether oxygens (including phenoxy) is 1. The summed E-state index contributed by atoms with van der Waals surface area (Å²) < 4.78 is 18.2. The average Bonchev–Trinajstić information content (AvgIpc) is 2.38. The first kappa shape index (κ1) is 11.5. The number of aromatic nitrogens is 1. The highest BCUT2D eigenvalue weighted by molar-refractivity contribution is 5.39. The van der Waals surface area contributed by atoms with Gasteiger partial charge in [0.05, 0.1) is 13.3 Å². The summed E-state index contributed by atoms with van der Waals surface area (Å²) in [5.41, 5.74) is 0.983. The standard InChI is InChI=1S/C13H12FNO2/c1-17-12-5-3-2-4-11(12)13(16)9-6-10(14)8-15-7-9/h2-8,13,16H,1H3. The summed E-state index contributed by atoms with van der Waals surface area (Å²) in [7, 11) is 1.52. The Morgan fingerprint density at radius 2 is 2.06 bits per heavy atom. The first-order chi connectivity index (χ1) is 8.22. The summed E-state index contributed by atoms with van der Waals surface area (Å²) in [6.07, 6.45) is 1.58. The highest BCUT2D eigenvalue weighted by Crippen LogP contribution is 2.29. The Bertz CT molecular complexity index is 516. The number of hydrogen-bond acceptors (Lipinski definition) is 3. The Labute approximate surface area is 98.5 Å². The minimum atomic E-state index is -0.950. The molecule has 88 valence electrons. The molecule has 1 aromatic heterocycles. The maximum atomic E-state index is 13.0. The van der Waals surface area contributed by atoms with Crippen molar-refractivity contribution in [1.29, 1.82) is 0 Å². The molecule has 0 saturated carbocycles. The monoisotopic (exact) mass is 233 g/mol. The van der Waals surface area contributed by atoms with Crippen molar-refractivity contribution in [3.63, 3.8) is 0 Å². The molecule has 2 rings (SSSR count). The molecule has 2 aromatic rings. The van der Waals surface area contributed by atoms with E-state index in [1.54, 1.807) is 24.3 Å². The molecular weight excluding hydrogens is 221 g/mol. The first-order valence-corrected chi connectivity index (χ1v) is 5.14. The highest BCUT2D eigenvalue weighted by atomic mass is 19.1. The molecule has 0 aliphatic carbocycles. The Morgan fingerprint density at radius 3 is 2.76 bits per heavy atom. The molecule has 17 heavy (non-hydrogen) atoms. The van der Waals surface area contributed by atoms with Crippen LogP contribution in [0.1, 0.15) is 17.2 Å². The number of nitrogens with zero attached hydrogens (tertiary/aromatic N) is 1. The molecule has 0 spiro atoms. The highest BCUT2D eigenvalue weighted by Gasteiger charge is 2.15. The van der Waals surface area contributed by atoms with Crippen molar-refractivity contribution in [1.82, 2.24) is 4.98 Å². The Kier molecular flexibility index (Phi) is 3.35. The summed E-state index contributed by atoms with van der Waals surface area (Å²) in [5, 5.41) is 10.1. The number of methoxy groups -OCH3 is 1. The van der Waals surface area contributed by atoms with Gasteiger partial charge in [-0.3, -0.25) is 4.98 Å². The third-order valence-electron chi connectivity index (χ3n) is 2.48. The van der Waals surface area contributed by atoms with Crippen LogP contribution >= 0.6 is 0 Å². The lowest BCUT2D eigenvalue weighted by atomic mass is 10.0. The van der Waals surface area contributed by atoms with Gasteiger partial charge in [0.1, 0.15) is 17.7 Å². The molecule has 1 N–H and O–H groups in total. The lowest BCUT2D eigenvalue weighted by molar-refractivity contribution is 0.213. The normalized spacial score (nSPS) is 12.2. The molecule has 0 aliphatic rings. The van der Waals surface area contributed by atoms with Crippen molar-refractivity contribution in [3.05, 3.63) is 59.7 Å². The van der Waals surface area contributed by atoms with Gasteiger partial charge in [-0.2, -0.15) is 0 Å². The van der Waals surface area contributed by atoms with Crippen LogP contribution in [0, 0.1) is 5.82 Å². The zero-order valence-corrected chi connectivity index (χ0v) is 9.30. The van der Waals surface area contributed by atoms with Crippen molar-refractivity contribution in [2.45, 2.75) is 6.10 Å². The van der Waals surface area contributed by atoms with Crippen LogP contribution in [-0.4, -0.2) is 17.2 Å². The van der Waals surface area contributed by atoms with E-state index < -0.39 is 11.9 Å². The van der Waals surface area contributed by atoms with E-state index in [1.165, 1.54) is 19.4 Å². The van der Waals surface area contributed by atoms with Gasteiger partial charge in [0.2, 0.25) is 0 Å². The number of halogens is 1. The van der Waals surface area contributed by atoms with Crippen molar-refractivity contribution < 1.29 is 14.2 Å². The van der Waals surface area contributed by atoms with Gasteiger partial charge in [0.25, 0.3) is 0 Å². The molecule has 1 heterocycles. The van der Waals surface area contributed by atoms with Crippen LogP contribution < -0.4 is 4.74 Å². The van der Waals surface area contributed by atoms with Gasteiger partial charge in [-0.1, -0.05) is 18.2 Å². The predicted molar refractivity (Wildman–Crippen MR) is 61.3 cm³/mol. The molecule has 0 radical (unpaired) electrons. The third-order valence-corrected chi connectivity index (χ3v) is 2.48. The molecule has 0 bridgehead atoms. The van der Waals surface area contributed by atoms with Crippen LogP contribution in [0.15, 0.2) is 42.7 Å². The summed E-state index contributed by atoms with van der Waals surface area (Å²) in [5.74, 6) is 0.0840. The Balaban J connectivity index is 2.40. The Morgan fingerprint density at radius 1 is 1.29 bits per heavy atom. The molecule has 0 saturated heterocycles. The van der Waals surface area contributed by atoms with Crippen LogP contribution in [0.4, 0.5) is 4.39 Å². The largest absolute Gasteiger partial charge is 0.496 e. The minimum absolute atomic E-state index is 0.398. The van der Waals surface area contributed by atoms with Gasteiger partial charge in [0, 0.05) is 17.3 Å². The molecule has 0 aliphatic heterocycles. The minimum Gasteiger partial charge on any atom is -0.496 e. The number of hydrogen-bond donors (Lipinski definition) is 1. The zero-order chi connectivity index (χ0) is 12.3. The maximum Gasteiger partial charge on any atom is 0.141 e. The molecule has 1 unspecified atom stereocenters. The van der Waals surface area contributed by atoms with Gasteiger partial charge in [-0.15, -0.1) is 0 Å². The molecule has 0 fully saturated rings. The fourth-order valence-electron chi connectivity index (χ4n) is 1.65. The zero-order valence-electron chi connectivity index (χ0n) is 9.30. The topological polar surface area (TPSA) is 42.4 Å². The number of aliphatic hydroxyl groups excluding tert-OH is 1. The molecule has 3 nitrogen and oxygen atoms in total. The van der Waals surface area contributed by atoms with Crippen molar-refractivity contribution in [2.24, 2.45) is 0 Å². The number of rotatable bonds is 3. The van der Waals surface area contributed by atoms with E-state index in [1.807, 2.05) is 0 Å². The molecule has 1 atom stereocenters. The lowest BCUT2D eigenvalue weighted by Gasteiger charge is -2.14. The molecular formula is C13H12FNO2. The fraction of sp³-hybridized carbons (Fsp3) is 0.154. The molecule has 4 heteroatoms. The van der Waals surface area contributed by atoms with Crippen LogP contribution in [0.25, 0.3) is 0 Å². The fourth-order valence-corrected chi connectivity index (χ4v) is 1.65. The second-order valence-electron chi connectivity index (χ2n) is 3.58. The second kappa shape index (κ2) is 4.93. The summed E-state index contributed by atoms with van der Waals surface area (Å²) in [4.78, 5) is 3.71. The van der Waals surface area contributed by atoms with Gasteiger partial charge in [-0.05, 0) is 12.1 Å². The predicted octanol–water partition coefficient (Wildman–Crippen LogP) is 2.31. The lowest BCUT2D eigenvalue weighted by Crippen LogP contribution is -2.03. The smallest absolute Gasteiger partial charge is 0.141 e. The third kappa shape index (κ3) is 2.42. The van der Waals surface area contributed by atoms with E-state index in [4.69, 9.17) is 4.74 Å². The average molecular weight is 233 g/mol. The van der Waals surface area contributed by atoms with Crippen LogP contribution in [-0.2, 0) is 0 Å². The summed E-state index contributed by atoms with van der Waals surface area (Å²) in [6.45, 7) is 0. The van der Waals surface area contributed by atoms with Gasteiger partial charge >= 0.3 is 0 Å². The van der Waals surface area contributed by atoms with Gasteiger partial charge < -0.3 is 9.84 Å². The molecule has 1 aromatic carbocycles. The second-order valence-corrected chi connectivity index (χ2v) is 3.58. The van der Waals surface area contributed by atoms with E-state index in [0.717, 1.165) is 6.20 Å². The van der Waals surface area contributed by atoms with E-state index >= 15 is 0 Å². The van der Waals surface area contributed by atoms with Gasteiger partial charge in [0.15, 0.2) is 0 Å². The van der Waals surface area contributed by atoms with Gasteiger partial charge in [-0.25, -0.2) is 4.39 Å². The van der Waals surface area contributed by atoms with Crippen molar-refractivity contribution >= 4 is 0 Å². The van der Waals surface area contributed by atoms with Crippen LogP contribution in [0.3, 0.4) is 0 Å². The quantitative estimate of drug-likeness (QED) is 0.884. The summed E-state index contributed by atoms with van der Waals surface area (Å²) >= 11 is 0. The maximum absolute atomic E-state index is 13.0. The van der Waals surface area contributed by atoms with Crippen molar-refractivity contribution in [2.75, 3.05) is 7.11 Å².